The highest BCUT2D eigenvalue weighted by atomic mass is 32.1. The van der Waals surface area contributed by atoms with E-state index < -0.39 is 5.97 Å². The third-order valence-electron chi connectivity index (χ3n) is 2.66. The van der Waals surface area contributed by atoms with Crippen LogP contribution in [0.15, 0.2) is 46.9 Å². The van der Waals surface area contributed by atoms with E-state index in [0.717, 1.165) is 11.3 Å². The summed E-state index contributed by atoms with van der Waals surface area (Å²) in [6.45, 7) is 0.336. The third-order valence-corrected chi connectivity index (χ3v) is 3.62. The molecule has 110 valence electrons. The van der Waals surface area contributed by atoms with Crippen LogP contribution in [0, 0.1) is 0 Å². The number of methoxy groups -OCH3 is 1. The minimum absolute atomic E-state index is 0.140. The number of nitrogens with zero attached hydrogens (tertiary/aromatic N) is 1. The first-order valence-corrected chi connectivity index (χ1v) is 7.08. The molecule has 0 aliphatic rings. The first-order chi connectivity index (χ1) is 10.3. The van der Waals surface area contributed by atoms with Crippen LogP contribution in [0.25, 0.3) is 0 Å². The topological polar surface area (TPSA) is 57.1 Å². The summed E-state index contributed by atoms with van der Waals surface area (Å²) in [4.78, 5) is 17.2. The van der Waals surface area contributed by atoms with E-state index in [4.69, 9.17) is 14.3 Å². The Morgan fingerprint density at radius 1 is 1.19 bits per heavy atom. The van der Waals surface area contributed by atoms with Gasteiger partial charge in [-0.1, -0.05) is 23.4 Å². The largest absolute Gasteiger partial charge is 0.489 e. The number of benzene rings is 1. The van der Waals surface area contributed by atoms with Crippen LogP contribution in [-0.2, 0) is 21.0 Å². The van der Waals surface area contributed by atoms with Crippen molar-refractivity contribution in [3.8, 4) is 5.75 Å². The maximum absolute atomic E-state index is 11.8. The zero-order valence-electron chi connectivity index (χ0n) is 11.7. The number of hydrogen-bond acceptors (Lipinski definition) is 6. The fourth-order valence-electron chi connectivity index (χ4n) is 1.69. The minimum Gasteiger partial charge on any atom is -0.489 e. The van der Waals surface area contributed by atoms with E-state index in [2.05, 4.69) is 5.16 Å². The highest BCUT2D eigenvalue weighted by molar-refractivity contribution is 7.13. The lowest BCUT2D eigenvalue weighted by Gasteiger charge is -2.07. The van der Waals surface area contributed by atoms with Crippen molar-refractivity contribution in [2.75, 3.05) is 14.2 Å². The molecule has 2 aromatic rings. The first kappa shape index (κ1) is 15.1. The van der Waals surface area contributed by atoms with Gasteiger partial charge >= 0.3 is 5.97 Å². The smallest absolute Gasteiger partial charge is 0.361 e. The lowest BCUT2D eigenvalue weighted by Crippen LogP contribution is -2.18. The predicted molar refractivity (Wildman–Crippen MR) is 80.7 cm³/mol. The van der Waals surface area contributed by atoms with Crippen LogP contribution >= 0.6 is 11.3 Å². The predicted octanol–water partition coefficient (Wildman–Crippen LogP) is 2.85. The van der Waals surface area contributed by atoms with Gasteiger partial charge in [0.2, 0.25) is 5.71 Å². The third kappa shape index (κ3) is 3.82. The molecule has 0 N–H and O–H groups in total. The molecule has 1 aromatic heterocycles. The molecule has 0 bridgehead atoms. The zero-order chi connectivity index (χ0) is 15.1. The summed E-state index contributed by atoms with van der Waals surface area (Å²) in [5.74, 6) is 0.221. The van der Waals surface area contributed by atoms with Crippen LogP contribution in [0.5, 0.6) is 5.75 Å². The average Bonchev–Trinajstić information content (AvgIpc) is 2.99. The van der Waals surface area contributed by atoms with Crippen LogP contribution in [-0.4, -0.2) is 25.9 Å². The van der Waals surface area contributed by atoms with Crippen LogP contribution < -0.4 is 4.74 Å². The molecule has 0 radical (unpaired) electrons. The van der Waals surface area contributed by atoms with E-state index in [-0.39, 0.29) is 5.71 Å². The van der Waals surface area contributed by atoms with Crippen molar-refractivity contribution < 1.29 is 19.1 Å². The van der Waals surface area contributed by atoms with Gasteiger partial charge in [0.1, 0.15) is 19.5 Å². The first-order valence-electron chi connectivity index (χ1n) is 6.20. The average molecular weight is 305 g/mol. The molecule has 21 heavy (non-hydrogen) atoms. The molecule has 1 heterocycles. The quantitative estimate of drug-likeness (QED) is 0.468. The number of para-hydroxylation sites is 1. The van der Waals surface area contributed by atoms with E-state index in [9.17, 15) is 4.79 Å². The van der Waals surface area contributed by atoms with Crippen molar-refractivity contribution in [2.24, 2.45) is 5.16 Å². The molecule has 0 fully saturated rings. The Morgan fingerprint density at radius 3 is 2.62 bits per heavy atom. The normalized spacial score (nSPS) is 11.0. The summed E-state index contributed by atoms with van der Waals surface area (Å²) in [5.41, 5.74) is 0.992. The van der Waals surface area contributed by atoms with E-state index >= 15 is 0 Å². The maximum Gasteiger partial charge on any atom is 0.361 e. The lowest BCUT2D eigenvalue weighted by atomic mass is 10.2. The summed E-state index contributed by atoms with van der Waals surface area (Å²) < 4.78 is 10.4. The van der Waals surface area contributed by atoms with Crippen molar-refractivity contribution in [1.29, 1.82) is 0 Å². The fourth-order valence-corrected chi connectivity index (χ4v) is 2.57. The second-order valence-corrected chi connectivity index (χ2v) is 4.91. The molecule has 0 saturated carbocycles. The molecule has 1 aromatic carbocycles. The van der Waals surface area contributed by atoms with Crippen molar-refractivity contribution >= 4 is 23.0 Å². The molecule has 0 amide bonds. The molecule has 0 spiro atoms. The van der Waals surface area contributed by atoms with Crippen LogP contribution in [0.2, 0.25) is 0 Å². The van der Waals surface area contributed by atoms with Crippen molar-refractivity contribution in [3.05, 3.63) is 52.2 Å². The number of hydrogen-bond donors (Lipinski definition) is 0. The van der Waals surface area contributed by atoms with Gasteiger partial charge in [0.15, 0.2) is 0 Å². The van der Waals surface area contributed by atoms with Gasteiger partial charge in [-0.3, -0.25) is 0 Å². The lowest BCUT2D eigenvalue weighted by molar-refractivity contribution is -0.132. The van der Waals surface area contributed by atoms with Gasteiger partial charge in [0.25, 0.3) is 0 Å². The van der Waals surface area contributed by atoms with Gasteiger partial charge in [-0.05, 0) is 23.6 Å². The second-order valence-electron chi connectivity index (χ2n) is 3.99. The highest BCUT2D eigenvalue weighted by Gasteiger charge is 2.21. The van der Waals surface area contributed by atoms with E-state index in [1.54, 1.807) is 0 Å². The van der Waals surface area contributed by atoms with E-state index in [1.807, 2.05) is 41.8 Å². The van der Waals surface area contributed by atoms with Gasteiger partial charge < -0.3 is 14.3 Å². The molecule has 0 unspecified atom stereocenters. The standard InChI is InChI=1S/C15H15NO4S/c1-18-15(17)13(16-19-2)14-11(8-9-21-14)10-20-12-6-4-3-5-7-12/h3-9H,10H2,1-2H3/b16-13-. The minimum atomic E-state index is -0.541. The van der Waals surface area contributed by atoms with Crippen molar-refractivity contribution in [1.82, 2.24) is 0 Å². The number of thiophene rings is 1. The molecule has 6 heteroatoms. The molecule has 0 saturated heterocycles. The van der Waals surface area contributed by atoms with Crippen LogP contribution in [0.3, 0.4) is 0 Å². The maximum atomic E-state index is 11.8. The Kier molecular flexibility index (Phi) is 5.34. The molecule has 0 atom stereocenters. The molecule has 5 nitrogen and oxygen atoms in total. The van der Waals surface area contributed by atoms with Crippen LogP contribution in [0.1, 0.15) is 10.4 Å². The fraction of sp³-hybridized carbons (Fsp3) is 0.200. The number of carbonyl (C=O) groups is 1. The summed E-state index contributed by atoms with van der Waals surface area (Å²) in [7, 11) is 2.69. The molecule has 0 aliphatic heterocycles. The van der Waals surface area contributed by atoms with Crippen molar-refractivity contribution in [3.63, 3.8) is 0 Å². The number of ether oxygens (including phenoxy) is 2. The number of oxime groups is 1. The van der Waals surface area contributed by atoms with Gasteiger partial charge in [-0.25, -0.2) is 4.79 Å². The van der Waals surface area contributed by atoms with Gasteiger partial charge in [-0.2, -0.15) is 0 Å². The summed E-state index contributed by atoms with van der Waals surface area (Å²) in [6.07, 6.45) is 0. The Morgan fingerprint density at radius 2 is 1.95 bits per heavy atom. The van der Waals surface area contributed by atoms with Gasteiger partial charge in [0.05, 0.1) is 12.0 Å². The van der Waals surface area contributed by atoms with E-state index in [1.165, 1.54) is 25.6 Å². The molecule has 0 aliphatic carbocycles. The van der Waals surface area contributed by atoms with Gasteiger partial charge in [-0.15, -0.1) is 11.3 Å². The van der Waals surface area contributed by atoms with E-state index in [0.29, 0.717) is 11.5 Å². The highest BCUT2D eigenvalue weighted by Crippen LogP contribution is 2.21. The van der Waals surface area contributed by atoms with Crippen molar-refractivity contribution in [2.45, 2.75) is 6.61 Å². The SMILES string of the molecule is CO/N=C(\C(=O)OC)c1sccc1COc1ccccc1. The summed E-state index contributed by atoms with van der Waals surface area (Å²) >= 11 is 1.38. The Labute approximate surface area is 126 Å². The number of carbonyl (C=O) groups excluding carboxylic acids is 1. The monoisotopic (exact) mass is 305 g/mol. The Hall–Kier alpha value is -2.34. The van der Waals surface area contributed by atoms with Gasteiger partial charge in [0, 0.05) is 5.56 Å². The number of rotatable bonds is 6. The second kappa shape index (κ2) is 7.44. The van der Waals surface area contributed by atoms with Crippen LogP contribution in [0.4, 0.5) is 0 Å². The Bertz CT molecular complexity index is 622. The zero-order valence-corrected chi connectivity index (χ0v) is 12.6. The molecular weight excluding hydrogens is 290 g/mol. The summed E-state index contributed by atoms with van der Waals surface area (Å²) in [5, 5.41) is 5.62. The summed E-state index contributed by atoms with van der Waals surface area (Å²) in [6, 6.07) is 11.3. The Balaban J connectivity index is 2.17. The molecular formula is C15H15NO4S. The number of esters is 1. The molecule has 2 rings (SSSR count).